The van der Waals surface area contributed by atoms with E-state index in [4.69, 9.17) is 5.73 Å². The molecule has 2 N–H and O–H groups in total. The van der Waals surface area contributed by atoms with Crippen LogP contribution < -0.4 is 10.6 Å². The van der Waals surface area contributed by atoms with E-state index < -0.39 is 0 Å². The van der Waals surface area contributed by atoms with Gasteiger partial charge in [0.15, 0.2) is 0 Å². The lowest BCUT2D eigenvalue weighted by atomic mass is 10.0. The van der Waals surface area contributed by atoms with Crippen LogP contribution in [0.5, 0.6) is 0 Å². The van der Waals surface area contributed by atoms with Gasteiger partial charge in [-0.1, -0.05) is 42.8 Å². The van der Waals surface area contributed by atoms with E-state index in [1.807, 2.05) is 0 Å². The molecule has 0 fully saturated rings. The van der Waals surface area contributed by atoms with Gasteiger partial charge in [0.1, 0.15) is 0 Å². The molecular formula is C18H24N2. The first-order valence-corrected chi connectivity index (χ1v) is 7.20. The number of anilines is 2. The average molecular weight is 268 g/mol. The Labute approximate surface area is 122 Å². The highest BCUT2D eigenvalue weighted by Crippen LogP contribution is 2.32. The lowest BCUT2D eigenvalue weighted by molar-refractivity contribution is 0.698. The number of rotatable bonds is 4. The molecule has 0 saturated carbocycles. The largest absolute Gasteiger partial charge is 0.344 e. The van der Waals surface area contributed by atoms with E-state index in [0.717, 1.165) is 6.42 Å². The predicted octanol–water partition coefficient (Wildman–Crippen LogP) is 4.48. The van der Waals surface area contributed by atoms with Crippen molar-refractivity contribution in [3.05, 3.63) is 59.2 Å². The third-order valence-corrected chi connectivity index (χ3v) is 3.85. The Morgan fingerprint density at radius 2 is 1.75 bits per heavy atom. The zero-order valence-electron chi connectivity index (χ0n) is 12.9. The van der Waals surface area contributed by atoms with Crippen molar-refractivity contribution in [3.8, 4) is 0 Å². The molecule has 0 spiro atoms. The summed E-state index contributed by atoms with van der Waals surface area (Å²) in [4.78, 5) is 2.24. The minimum atomic E-state index is 0.0828. The first kappa shape index (κ1) is 14.6. The van der Waals surface area contributed by atoms with Crippen LogP contribution in [0.1, 0.15) is 36.1 Å². The van der Waals surface area contributed by atoms with E-state index in [9.17, 15) is 0 Å². The number of benzene rings is 2. The first-order valence-electron chi connectivity index (χ1n) is 7.20. The van der Waals surface area contributed by atoms with Crippen LogP contribution in [-0.2, 0) is 0 Å². The maximum atomic E-state index is 6.25. The second-order valence-electron chi connectivity index (χ2n) is 5.42. The van der Waals surface area contributed by atoms with Crippen LogP contribution in [-0.4, -0.2) is 7.05 Å². The van der Waals surface area contributed by atoms with Gasteiger partial charge >= 0.3 is 0 Å². The van der Waals surface area contributed by atoms with Crippen LogP contribution in [0.2, 0.25) is 0 Å². The molecular weight excluding hydrogens is 244 g/mol. The Kier molecular flexibility index (Phi) is 4.46. The fourth-order valence-corrected chi connectivity index (χ4v) is 2.64. The summed E-state index contributed by atoms with van der Waals surface area (Å²) in [6.45, 7) is 6.40. The van der Waals surface area contributed by atoms with E-state index in [-0.39, 0.29) is 6.04 Å². The Morgan fingerprint density at radius 1 is 1.05 bits per heavy atom. The summed E-state index contributed by atoms with van der Waals surface area (Å²) in [6.07, 6.45) is 0.942. The lowest BCUT2D eigenvalue weighted by Crippen LogP contribution is -2.17. The maximum absolute atomic E-state index is 6.25. The summed E-state index contributed by atoms with van der Waals surface area (Å²) in [5.74, 6) is 0. The minimum absolute atomic E-state index is 0.0828. The summed E-state index contributed by atoms with van der Waals surface area (Å²) in [5, 5.41) is 0. The van der Waals surface area contributed by atoms with E-state index in [1.54, 1.807) is 0 Å². The summed E-state index contributed by atoms with van der Waals surface area (Å²) in [5.41, 5.74) is 12.4. The normalized spacial score (nSPS) is 12.2. The molecule has 0 aliphatic carbocycles. The molecule has 0 aromatic heterocycles. The van der Waals surface area contributed by atoms with Crippen LogP contribution in [0.3, 0.4) is 0 Å². The van der Waals surface area contributed by atoms with Gasteiger partial charge in [-0.2, -0.15) is 0 Å². The lowest BCUT2D eigenvalue weighted by Gasteiger charge is -2.26. The molecule has 0 aliphatic rings. The number of nitrogens with two attached hydrogens (primary N) is 1. The van der Waals surface area contributed by atoms with Crippen LogP contribution in [0, 0.1) is 13.8 Å². The fourth-order valence-electron chi connectivity index (χ4n) is 2.64. The van der Waals surface area contributed by atoms with Gasteiger partial charge in [0.2, 0.25) is 0 Å². The molecule has 2 aromatic rings. The second-order valence-corrected chi connectivity index (χ2v) is 5.42. The van der Waals surface area contributed by atoms with Crippen LogP contribution >= 0.6 is 0 Å². The van der Waals surface area contributed by atoms with Crippen molar-refractivity contribution in [2.75, 3.05) is 11.9 Å². The molecule has 1 unspecified atom stereocenters. The third-order valence-electron chi connectivity index (χ3n) is 3.85. The summed E-state index contributed by atoms with van der Waals surface area (Å²) in [6, 6.07) is 15.0. The van der Waals surface area contributed by atoms with Gasteiger partial charge in [-0.05, 0) is 43.5 Å². The van der Waals surface area contributed by atoms with Gasteiger partial charge in [0.25, 0.3) is 0 Å². The maximum Gasteiger partial charge on any atom is 0.0456 e. The monoisotopic (exact) mass is 268 g/mol. The van der Waals surface area contributed by atoms with Crippen molar-refractivity contribution in [1.29, 1.82) is 0 Å². The Morgan fingerprint density at radius 3 is 2.40 bits per heavy atom. The molecule has 20 heavy (non-hydrogen) atoms. The highest BCUT2D eigenvalue weighted by Gasteiger charge is 2.14. The zero-order chi connectivity index (χ0) is 14.7. The SMILES string of the molecule is CCC(N)c1ccccc1N(C)c1ccc(C)cc1C. The average Bonchev–Trinajstić information content (AvgIpc) is 2.46. The van der Waals surface area contributed by atoms with Crippen molar-refractivity contribution in [2.45, 2.75) is 33.2 Å². The predicted molar refractivity (Wildman–Crippen MR) is 87.6 cm³/mol. The van der Waals surface area contributed by atoms with Gasteiger partial charge in [0, 0.05) is 24.5 Å². The van der Waals surface area contributed by atoms with E-state index in [2.05, 4.69) is 75.2 Å². The Balaban J connectivity index is 2.45. The molecule has 0 saturated heterocycles. The van der Waals surface area contributed by atoms with Gasteiger partial charge < -0.3 is 10.6 Å². The number of nitrogens with zero attached hydrogens (tertiary/aromatic N) is 1. The molecule has 0 radical (unpaired) electrons. The van der Waals surface area contributed by atoms with Gasteiger partial charge in [0.05, 0.1) is 0 Å². The van der Waals surface area contributed by atoms with Crippen molar-refractivity contribution in [1.82, 2.24) is 0 Å². The highest BCUT2D eigenvalue weighted by atomic mass is 15.1. The minimum Gasteiger partial charge on any atom is -0.344 e. The topological polar surface area (TPSA) is 29.3 Å². The first-order chi connectivity index (χ1) is 9.54. The van der Waals surface area contributed by atoms with Crippen molar-refractivity contribution >= 4 is 11.4 Å². The highest BCUT2D eigenvalue weighted by molar-refractivity contribution is 5.69. The Hall–Kier alpha value is -1.80. The molecule has 106 valence electrons. The molecule has 1 atom stereocenters. The molecule has 2 aromatic carbocycles. The van der Waals surface area contributed by atoms with Gasteiger partial charge in [-0.3, -0.25) is 0 Å². The fraction of sp³-hybridized carbons (Fsp3) is 0.333. The summed E-state index contributed by atoms with van der Waals surface area (Å²) in [7, 11) is 2.11. The summed E-state index contributed by atoms with van der Waals surface area (Å²) < 4.78 is 0. The van der Waals surface area contributed by atoms with Crippen LogP contribution in [0.25, 0.3) is 0 Å². The number of hydrogen-bond donors (Lipinski definition) is 1. The van der Waals surface area contributed by atoms with E-state index in [0.29, 0.717) is 0 Å². The van der Waals surface area contributed by atoms with Crippen LogP contribution in [0.15, 0.2) is 42.5 Å². The molecule has 0 heterocycles. The standard InChI is InChI=1S/C18H24N2/c1-5-16(19)15-8-6-7-9-18(15)20(4)17-11-10-13(2)12-14(17)3/h6-12,16H,5,19H2,1-4H3. The summed E-state index contributed by atoms with van der Waals surface area (Å²) >= 11 is 0. The molecule has 2 heteroatoms. The quantitative estimate of drug-likeness (QED) is 0.885. The second kappa shape index (κ2) is 6.10. The van der Waals surface area contributed by atoms with Crippen molar-refractivity contribution in [2.24, 2.45) is 5.73 Å². The molecule has 2 nitrogen and oxygen atoms in total. The third kappa shape index (κ3) is 2.86. The molecule has 0 bridgehead atoms. The van der Waals surface area contributed by atoms with E-state index in [1.165, 1.54) is 28.1 Å². The molecule has 2 rings (SSSR count). The Bertz CT molecular complexity index is 590. The van der Waals surface area contributed by atoms with Crippen molar-refractivity contribution in [3.63, 3.8) is 0 Å². The smallest absolute Gasteiger partial charge is 0.0456 e. The van der Waals surface area contributed by atoms with Gasteiger partial charge in [-0.25, -0.2) is 0 Å². The van der Waals surface area contributed by atoms with Gasteiger partial charge in [-0.15, -0.1) is 0 Å². The number of hydrogen-bond acceptors (Lipinski definition) is 2. The molecule has 0 amide bonds. The van der Waals surface area contributed by atoms with E-state index >= 15 is 0 Å². The number of para-hydroxylation sites is 1. The van der Waals surface area contributed by atoms with Crippen LogP contribution in [0.4, 0.5) is 11.4 Å². The number of aryl methyl sites for hydroxylation is 2. The van der Waals surface area contributed by atoms with Crippen molar-refractivity contribution < 1.29 is 0 Å². The zero-order valence-corrected chi connectivity index (χ0v) is 12.9. The molecule has 0 aliphatic heterocycles.